The maximum Gasteiger partial charge on any atom is 3.00 e. The molecule has 96 heavy (non-hydrogen) atoms. The second-order valence-corrected chi connectivity index (χ2v) is 20.2. The number of aliphatic hydroxyl groups is 2. The minimum atomic E-state index is 0. The summed E-state index contributed by atoms with van der Waals surface area (Å²) in [6.45, 7) is 4.30. The molecule has 0 unspecified atom stereocenters. The summed E-state index contributed by atoms with van der Waals surface area (Å²) in [4.78, 5) is 25.9. The number of pyridine rings is 6. The predicted molar refractivity (Wildman–Crippen MR) is 382 cm³/mol. The summed E-state index contributed by atoms with van der Waals surface area (Å²) in [7, 11) is 2.00. The number of benzene rings is 8. The normalized spacial score (nSPS) is 9.90. The molecule has 0 aliphatic rings. The van der Waals surface area contributed by atoms with Gasteiger partial charge in [0.2, 0.25) is 0 Å². The van der Waals surface area contributed by atoms with Crippen molar-refractivity contribution in [3.8, 4) is 67.5 Å². The van der Waals surface area contributed by atoms with E-state index in [-0.39, 0.29) is 40.2 Å². The summed E-state index contributed by atoms with van der Waals surface area (Å²) < 4.78 is 12.1. The van der Waals surface area contributed by atoms with Crippen LogP contribution in [0.3, 0.4) is 0 Å². The van der Waals surface area contributed by atoms with Crippen molar-refractivity contribution in [3.05, 3.63) is 352 Å². The van der Waals surface area contributed by atoms with E-state index in [1.807, 2.05) is 237 Å². The first-order valence-corrected chi connectivity index (χ1v) is 30.6. The summed E-state index contributed by atoms with van der Waals surface area (Å²) >= 11 is 0. The number of fused-ring (bicyclic) bond motifs is 6. The molecule has 0 bridgehead atoms. The van der Waals surface area contributed by atoms with Gasteiger partial charge in [-0.05, 0) is 108 Å². The quantitative estimate of drug-likeness (QED) is 0.141. The third-order valence-corrected chi connectivity index (χ3v) is 14.3. The number of aromatic nitrogens is 6. The van der Waals surface area contributed by atoms with Gasteiger partial charge in [0.25, 0.3) is 0 Å². The van der Waals surface area contributed by atoms with Crippen molar-refractivity contribution in [2.45, 2.75) is 26.7 Å². The molecular formula is C84H69Ir2N6O4-2. The molecule has 0 aliphatic heterocycles. The molecule has 8 aromatic heterocycles. The van der Waals surface area contributed by atoms with E-state index in [1.165, 1.54) is 11.1 Å². The number of para-hydroxylation sites is 3. The van der Waals surface area contributed by atoms with Crippen LogP contribution in [-0.4, -0.2) is 54.3 Å². The molecule has 0 amide bonds. The Morgan fingerprint density at radius 3 is 1.03 bits per heavy atom. The zero-order valence-corrected chi connectivity index (χ0v) is 58.2. The number of aryl methyl sites for hydroxylation is 2. The predicted octanol–water partition coefficient (Wildman–Crippen LogP) is 19.6. The molecule has 0 saturated carbocycles. The Kier molecular flexibility index (Phi) is 30.3. The Morgan fingerprint density at radius 2 is 0.646 bits per heavy atom. The van der Waals surface area contributed by atoms with Gasteiger partial charge < -0.3 is 44.0 Å². The van der Waals surface area contributed by atoms with Gasteiger partial charge in [-0.2, -0.15) is 0 Å². The monoisotopic (exact) mass is 1610 g/mol. The van der Waals surface area contributed by atoms with Crippen molar-refractivity contribution in [1.29, 1.82) is 0 Å². The molecule has 8 aromatic carbocycles. The zero-order chi connectivity index (χ0) is 65.4. The van der Waals surface area contributed by atoms with Gasteiger partial charge in [-0.15, -0.1) is 162 Å². The summed E-state index contributed by atoms with van der Waals surface area (Å²) in [5.41, 5.74) is 18.1. The van der Waals surface area contributed by atoms with Crippen LogP contribution in [0.25, 0.3) is 111 Å². The summed E-state index contributed by atoms with van der Waals surface area (Å²) in [6, 6.07) is 105. The van der Waals surface area contributed by atoms with E-state index in [2.05, 4.69) is 123 Å². The summed E-state index contributed by atoms with van der Waals surface area (Å²) in [5.74, 6) is 0. The second-order valence-electron chi connectivity index (χ2n) is 20.2. The van der Waals surface area contributed by atoms with Crippen LogP contribution in [0.2, 0.25) is 0 Å². The Labute approximate surface area is 588 Å². The first kappa shape index (κ1) is 72.9. The molecule has 16 rings (SSSR count). The average molecular weight is 1610 g/mol. The van der Waals surface area contributed by atoms with Gasteiger partial charge in [0.15, 0.2) is 0 Å². The first-order valence-electron chi connectivity index (χ1n) is 30.6. The van der Waals surface area contributed by atoms with Crippen LogP contribution in [-0.2, 0) is 53.1 Å². The molecule has 0 aliphatic carbocycles. The fourth-order valence-electron chi connectivity index (χ4n) is 9.80. The fourth-order valence-corrected chi connectivity index (χ4v) is 9.80. The van der Waals surface area contributed by atoms with Crippen molar-refractivity contribution in [1.82, 2.24) is 29.9 Å². The van der Waals surface area contributed by atoms with Crippen LogP contribution in [0.4, 0.5) is 0 Å². The van der Waals surface area contributed by atoms with Crippen molar-refractivity contribution in [3.63, 3.8) is 0 Å². The smallest absolute Gasteiger partial charge is 0.501 e. The number of nitrogens with zero attached hydrogens (tertiary/aromatic N) is 6. The van der Waals surface area contributed by atoms with Gasteiger partial charge in [-0.1, -0.05) is 133 Å². The third-order valence-electron chi connectivity index (χ3n) is 14.3. The van der Waals surface area contributed by atoms with Crippen LogP contribution in [0.5, 0.6) is 0 Å². The fraction of sp³-hybridized carbons (Fsp3) is 0.0714. The molecule has 0 fully saturated rings. The SMILES string of the molecule is CCc1ccnc(-c2[c-]ccc3c2oc2ccccc23)c1.CCc1ccnc(-c2cccc3c2oc2ccccc23)c1.CO.CO.[Ir+3].[Ir].[c-]1ccccc1-c1ccccn1.[c-]1ccccc1-c1ccccn1.[c-]1ccccc1-c1ccccn1.[c-]1ccccc1-c1ccccn1. The Morgan fingerprint density at radius 1 is 0.302 bits per heavy atom. The molecule has 2 N–H and O–H groups in total. The number of aliphatic hydroxyl groups excluding tert-OH is 2. The van der Waals surface area contributed by atoms with E-state index in [9.17, 15) is 0 Å². The maximum absolute atomic E-state index is 7.00. The van der Waals surface area contributed by atoms with Gasteiger partial charge in [-0.25, -0.2) is 0 Å². The third kappa shape index (κ3) is 20.2. The number of hydrogen-bond donors (Lipinski definition) is 2. The Balaban J connectivity index is 0.000000163. The van der Waals surface area contributed by atoms with Gasteiger partial charge in [0.05, 0.1) is 11.3 Å². The molecular weight excluding hydrogens is 1540 g/mol. The van der Waals surface area contributed by atoms with Gasteiger partial charge in [0.1, 0.15) is 16.7 Å². The molecule has 1 radical (unpaired) electrons. The van der Waals surface area contributed by atoms with E-state index >= 15 is 0 Å². The minimum absolute atomic E-state index is 0. The Bertz CT molecular complexity index is 4180. The molecule has 8 heterocycles. The molecule has 12 heteroatoms. The number of hydrogen-bond acceptors (Lipinski definition) is 10. The molecule has 0 atom stereocenters. The van der Waals surface area contributed by atoms with Crippen molar-refractivity contribution in [2.24, 2.45) is 0 Å². The maximum atomic E-state index is 7.00. The minimum Gasteiger partial charge on any atom is -0.501 e. The molecule has 16 aromatic rings. The topological polar surface area (TPSA) is 144 Å². The van der Waals surface area contributed by atoms with Crippen molar-refractivity contribution < 1.29 is 59.3 Å². The molecule has 0 spiro atoms. The van der Waals surface area contributed by atoms with E-state index < -0.39 is 0 Å². The van der Waals surface area contributed by atoms with Crippen molar-refractivity contribution >= 4 is 43.9 Å². The summed E-state index contributed by atoms with van der Waals surface area (Å²) in [6.07, 6.45) is 12.9. The largest absolute Gasteiger partial charge is 3.00 e. The second kappa shape index (κ2) is 39.9. The van der Waals surface area contributed by atoms with Crippen LogP contribution in [0, 0.1) is 30.3 Å². The van der Waals surface area contributed by atoms with Gasteiger partial charge >= 0.3 is 20.1 Å². The van der Waals surface area contributed by atoms with Gasteiger partial charge in [0, 0.05) is 93.2 Å². The molecule has 0 saturated heterocycles. The van der Waals surface area contributed by atoms with E-state index in [0.717, 1.165) is 138 Å². The average Bonchev–Trinajstić information content (AvgIpc) is 1.63. The number of furan rings is 2. The summed E-state index contributed by atoms with van der Waals surface area (Å²) in [5, 5.41) is 18.5. The van der Waals surface area contributed by atoms with E-state index in [0.29, 0.717) is 0 Å². The standard InChI is InChI=1S/C19H15NO.C19H14NO.4C11H8N.2CH4O.2Ir/c2*1-2-13-10-11-20-17(12-13)16-8-5-7-15-14-6-3-4-9-18(14)21-19(15)16;4*1-2-6-10(7-3-1)11-8-4-5-9-12-11;2*1-2;;/h3-12H,2H2,1H3;3-7,9-12H,2H2,1H3;4*1-6,8-9H;2*2H,1H3;;/q;5*-1;;;;+3. The van der Waals surface area contributed by atoms with Crippen LogP contribution < -0.4 is 0 Å². The Hall–Kier alpha value is -10.5. The van der Waals surface area contributed by atoms with Gasteiger partial charge in [-0.3, -0.25) is 4.98 Å². The molecule has 479 valence electrons. The zero-order valence-electron chi connectivity index (χ0n) is 53.4. The number of rotatable bonds is 8. The van der Waals surface area contributed by atoms with Crippen molar-refractivity contribution in [2.75, 3.05) is 14.2 Å². The van der Waals surface area contributed by atoms with Crippen LogP contribution >= 0.6 is 0 Å². The first-order chi connectivity index (χ1) is 46.6. The van der Waals surface area contributed by atoms with E-state index in [4.69, 9.17) is 19.0 Å². The van der Waals surface area contributed by atoms with Crippen LogP contribution in [0.15, 0.2) is 319 Å². The molecule has 10 nitrogen and oxygen atoms in total. The van der Waals surface area contributed by atoms with Crippen LogP contribution in [0.1, 0.15) is 25.0 Å². The van der Waals surface area contributed by atoms with E-state index in [1.54, 1.807) is 24.8 Å².